The van der Waals surface area contributed by atoms with Gasteiger partial charge in [0, 0.05) is 18.0 Å². The molecule has 5 atom stereocenters. The number of carbonyl (C=O) groups is 4. The van der Waals surface area contributed by atoms with Crippen molar-refractivity contribution in [1.82, 2.24) is 20.9 Å². The number of fused-ring (bicyclic) bond motifs is 1. The Bertz CT molecular complexity index is 857. The lowest BCUT2D eigenvalue weighted by atomic mass is 9.98. The molecule has 0 radical (unpaired) electrons. The molecule has 1 saturated heterocycles. The van der Waals surface area contributed by atoms with Crippen LogP contribution in [0, 0.1) is 17.3 Å². The predicted molar refractivity (Wildman–Crippen MR) is 106 cm³/mol. The highest BCUT2D eigenvalue weighted by Crippen LogP contribution is 2.66. The zero-order valence-corrected chi connectivity index (χ0v) is 18.1. The molecule has 3 rings (SSSR count). The van der Waals surface area contributed by atoms with E-state index in [-0.39, 0.29) is 6.54 Å². The molecule has 0 spiro atoms. The maximum atomic E-state index is 13.3. The van der Waals surface area contributed by atoms with Gasteiger partial charge in [-0.2, -0.15) is 13.2 Å². The number of nitrogens with zero attached hydrogens (tertiary/aromatic N) is 1. The van der Waals surface area contributed by atoms with Crippen LogP contribution in [0.5, 0.6) is 0 Å². The van der Waals surface area contributed by atoms with Crippen LogP contribution in [0.25, 0.3) is 0 Å². The van der Waals surface area contributed by atoms with E-state index >= 15 is 0 Å². The summed E-state index contributed by atoms with van der Waals surface area (Å²) in [5, 5.41) is 6.87. The molecule has 3 fully saturated rings. The van der Waals surface area contributed by atoms with Crippen LogP contribution in [0.15, 0.2) is 12.7 Å². The second-order valence-electron chi connectivity index (χ2n) is 9.38. The fourth-order valence-electron chi connectivity index (χ4n) is 4.80. The highest BCUT2D eigenvalue weighted by molar-refractivity contribution is 5.95. The maximum absolute atomic E-state index is 13.3. The summed E-state index contributed by atoms with van der Waals surface area (Å²) in [5.74, 6) is -4.92. The lowest BCUT2D eigenvalue weighted by molar-refractivity contribution is -0.175. The van der Waals surface area contributed by atoms with E-state index in [1.165, 1.54) is 11.8 Å². The zero-order valence-electron chi connectivity index (χ0n) is 18.1. The summed E-state index contributed by atoms with van der Waals surface area (Å²) < 4.78 is 38.4. The van der Waals surface area contributed by atoms with Crippen molar-refractivity contribution in [3.63, 3.8) is 0 Å². The molecule has 1 heterocycles. The van der Waals surface area contributed by atoms with Crippen molar-refractivity contribution < 1.29 is 32.3 Å². The number of amides is 4. The summed E-state index contributed by atoms with van der Waals surface area (Å²) in [6.07, 6.45) is -3.90. The van der Waals surface area contributed by atoms with Crippen LogP contribution >= 0.6 is 0 Å². The van der Waals surface area contributed by atoms with Gasteiger partial charge in [-0.3, -0.25) is 19.2 Å². The standard InChI is InChI=1S/C20H28F3N5O4/c1-5-11(29)25-9(2)26-15(30)13-14-18(3,4)19(14,24)8-28(13)16(31)12(10-6-7-10)27-17(32)20(21,22)23/h5,9-10,12-14H,1,6-8,24H2,2-4H3,(H,25,29)(H,26,30)(H,27,32)/t9-,12-,13-,14-,19+/m0/s1. The van der Waals surface area contributed by atoms with Crippen LogP contribution < -0.4 is 21.7 Å². The summed E-state index contributed by atoms with van der Waals surface area (Å²) in [5.41, 5.74) is 5.09. The molecule has 0 aromatic carbocycles. The second kappa shape index (κ2) is 7.75. The molecular weight excluding hydrogens is 431 g/mol. The molecule has 2 saturated carbocycles. The fourth-order valence-corrected chi connectivity index (χ4v) is 4.80. The first-order chi connectivity index (χ1) is 14.6. The first kappa shape index (κ1) is 24.0. The van der Waals surface area contributed by atoms with Crippen molar-refractivity contribution >= 4 is 23.6 Å². The minimum atomic E-state index is -5.13. The number of carbonyl (C=O) groups excluding carboxylic acids is 4. The third kappa shape index (κ3) is 4.07. The van der Waals surface area contributed by atoms with Gasteiger partial charge in [0.25, 0.3) is 0 Å². The van der Waals surface area contributed by atoms with Crippen LogP contribution in [0.1, 0.15) is 33.6 Å². The number of hydrogen-bond donors (Lipinski definition) is 4. The monoisotopic (exact) mass is 459 g/mol. The highest BCUT2D eigenvalue weighted by atomic mass is 19.4. The Morgan fingerprint density at radius 1 is 1.16 bits per heavy atom. The zero-order chi connectivity index (χ0) is 24.2. The smallest absolute Gasteiger partial charge is 0.336 e. The average Bonchev–Trinajstić information content (AvgIpc) is 3.53. The third-order valence-electron chi connectivity index (χ3n) is 6.89. The van der Waals surface area contributed by atoms with E-state index in [2.05, 4.69) is 17.2 Å². The van der Waals surface area contributed by atoms with Crippen molar-refractivity contribution in [2.75, 3.05) is 6.54 Å². The van der Waals surface area contributed by atoms with Crippen molar-refractivity contribution in [2.45, 2.75) is 63.6 Å². The van der Waals surface area contributed by atoms with Gasteiger partial charge < -0.3 is 26.6 Å². The Balaban J connectivity index is 1.81. The Morgan fingerprint density at radius 2 is 1.75 bits per heavy atom. The van der Waals surface area contributed by atoms with Gasteiger partial charge in [-0.1, -0.05) is 20.4 Å². The van der Waals surface area contributed by atoms with Crippen LogP contribution in [0.3, 0.4) is 0 Å². The molecule has 5 N–H and O–H groups in total. The van der Waals surface area contributed by atoms with Gasteiger partial charge in [-0.25, -0.2) is 0 Å². The Hall–Kier alpha value is -2.63. The number of rotatable bonds is 7. The summed E-state index contributed by atoms with van der Waals surface area (Å²) in [6, 6.07) is -2.43. The molecule has 9 nitrogen and oxygen atoms in total. The lowest BCUT2D eigenvalue weighted by Gasteiger charge is -2.34. The van der Waals surface area contributed by atoms with E-state index in [0.717, 1.165) is 6.08 Å². The molecule has 1 aliphatic heterocycles. The van der Waals surface area contributed by atoms with Crippen molar-refractivity contribution in [3.05, 3.63) is 12.7 Å². The van der Waals surface area contributed by atoms with Gasteiger partial charge in [-0.05, 0) is 37.2 Å². The van der Waals surface area contributed by atoms with Crippen molar-refractivity contribution in [1.29, 1.82) is 0 Å². The first-order valence-corrected chi connectivity index (χ1v) is 10.4. The molecule has 0 unspecified atom stereocenters. The van der Waals surface area contributed by atoms with E-state index in [1.54, 1.807) is 5.32 Å². The number of halogens is 3. The van der Waals surface area contributed by atoms with Crippen LogP contribution in [-0.4, -0.2) is 65.0 Å². The summed E-state index contributed by atoms with van der Waals surface area (Å²) in [4.78, 5) is 50.5. The fraction of sp³-hybridized carbons (Fsp3) is 0.700. The first-order valence-electron chi connectivity index (χ1n) is 10.4. The van der Waals surface area contributed by atoms with E-state index in [1.807, 2.05) is 13.8 Å². The molecular formula is C20H28F3N5O4. The SMILES string of the molecule is C=CC(=O)N[C@H](C)NC(=O)[C@@H]1[C@H]2C(C)(C)[C@@]2(N)CN1C(=O)[C@@H](NC(=O)C(F)(F)F)C1CC1. The number of hydrogen-bond acceptors (Lipinski definition) is 5. The molecule has 0 aromatic rings. The second-order valence-corrected chi connectivity index (χ2v) is 9.38. The van der Waals surface area contributed by atoms with Crippen LogP contribution in [-0.2, 0) is 19.2 Å². The minimum absolute atomic E-state index is 0.0277. The predicted octanol–water partition coefficient (Wildman–Crippen LogP) is -0.228. The largest absolute Gasteiger partial charge is 0.471 e. The van der Waals surface area contributed by atoms with Crippen molar-refractivity contribution in [3.8, 4) is 0 Å². The molecule has 32 heavy (non-hydrogen) atoms. The molecule has 2 aliphatic carbocycles. The van der Waals surface area contributed by atoms with Gasteiger partial charge in [-0.15, -0.1) is 0 Å². The molecule has 4 amide bonds. The third-order valence-corrected chi connectivity index (χ3v) is 6.89. The number of nitrogens with one attached hydrogen (secondary N) is 3. The highest BCUT2D eigenvalue weighted by Gasteiger charge is 2.78. The normalized spacial score (nSPS) is 29.9. The summed E-state index contributed by atoms with van der Waals surface area (Å²) in [6.45, 7) is 8.52. The Kier molecular flexibility index (Phi) is 5.82. The number of alkyl halides is 3. The van der Waals surface area contributed by atoms with E-state index < -0.39 is 70.8 Å². The molecule has 12 heteroatoms. The molecule has 0 aromatic heterocycles. The average molecular weight is 459 g/mol. The van der Waals surface area contributed by atoms with Crippen molar-refractivity contribution in [2.24, 2.45) is 23.0 Å². The van der Waals surface area contributed by atoms with E-state index in [4.69, 9.17) is 5.73 Å². The number of nitrogens with two attached hydrogens (primary N) is 1. The lowest BCUT2D eigenvalue weighted by Crippen LogP contribution is -2.59. The Labute approximate surface area is 183 Å². The quantitative estimate of drug-likeness (QED) is 0.308. The van der Waals surface area contributed by atoms with Crippen LogP contribution in [0.2, 0.25) is 0 Å². The van der Waals surface area contributed by atoms with E-state index in [9.17, 15) is 32.3 Å². The number of piperidine rings is 1. The molecule has 178 valence electrons. The maximum Gasteiger partial charge on any atom is 0.471 e. The van der Waals surface area contributed by atoms with Gasteiger partial charge in [0.05, 0.1) is 6.17 Å². The van der Waals surface area contributed by atoms with Gasteiger partial charge in [0.1, 0.15) is 12.1 Å². The van der Waals surface area contributed by atoms with Gasteiger partial charge in [0.2, 0.25) is 17.7 Å². The Morgan fingerprint density at radius 3 is 2.25 bits per heavy atom. The molecule has 3 aliphatic rings. The number of likely N-dealkylation sites (tertiary alicyclic amines) is 1. The summed E-state index contributed by atoms with van der Waals surface area (Å²) >= 11 is 0. The molecule has 0 bridgehead atoms. The van der Waals surface area contributed by atoms with Crippen LogP contribution in [0.4, 0.5) is 13.2 Å². The van der Waals surface area contributed by atoms with Gasteiger partial charge >= 0.3 is 12.1 Å². The topological polar surface area (TPSA) is 134 Å². The summed E-state index contributed by atoms with van der Waals surface area (Å²) in [7, 11) is 0. The van der Waals surface area contributed by atoms with E-state index in [0.29, 0.717) is 12.8 Å². The van der Waals surface area contributed by atoms with Gasteiger partial charge in [0.15, 0.2) is 0 Å². The minimum Gasteiger partial charge on any atom is -0.336 e.